The molecule has 19 heavy (non-hydrogen) atoms. The number of aromatic nitrogens is 1. The van der Waals surface area contributed by atoms with Gasteiger partial charge < -0.3 is 0 Å². The minimum atomic E-state index is -0.160. The molecule has 0 atom stereocenters. The van der Waals surface area contributed by atoms with Crippen LogP contribution in [0, 0.1) is 13.8 Å². The van der Waals surface area contributed by atoms with E-state index in [-0.39, 0.29) is 5.91 Å². The Labute approximate surface area is 116 Å². The fourth-order valence-electron chi connectivity index (χ4n) is 1.71. The van der Waals surface area contributed by atoms with Gasteiger partial charge in [0.25, 0.3) is 0 Å². The maximum Gasteiger partial charge on any atom is 0.250 e. The number of anilines is 1. The first kappa shape index (κ1) is 13.5. The Kier molecular flexibility index (Phi) is 4.12. The molecule has 0 radical (unpaired) electrons. The average molecular weight is 272 g/mol. The molecular weight excluding hydrogens is 256 g/mol. The van der Waals surface area contributed by atoms with Gasteiger partial charge in [0.05, 0.1) is 10.2 Å². The molecule has 1 aromatic heterocycles. The van der Waals surface area contributed by atoms with Crippen LogP contribution in [0.1, 0.15) is 18.1 Å². The molecule has 98 valence electrons. The van der Waals surface area contributed by atoms with E-state index in [4.69, 9.17) is 0 Å². The molecule has 2 rings (SSSR count). The molecule has 0 aliphatic carbocycles. The molecule has 1 aromatic carbocycles. The topological polar surface area (TPSA) is 42.0 Å². The van der Waals surface area contributed by atoms with E-state index in [2.05, 4.69) is 29.4 Å². The number of allylic oxidation sites excluding steroid dienone is 3. The summed E-state index contributed by atoms with van der Waals surface area (Å²) in [6, 6.07) is 4.13. The van der Waals surface area contributed by atoms with E-state index >= 15 is 0 Å². The Morgan fingerprint density at radius 1 is 1.26 bits per heavy atom. The average Bonchev–Trinajstić information content (AvgIpc) is 2.79. The van der Waals surface area contributed by atoms with E-state index < -0.39 is 0 Å². The lowest BCUT2D eigenvalue weighted by Crippen LogP contribution is -2.07. The van der Waals surface area contributed by atoms with E-state index in [0.29, 0.717) is 5.13 Å². The van der Waals surface area contributed by atoms with Gasteiger partial charge in [-0.15, -0.1) is 0 Å². The van der Waals surface area contributed by atoms with E-state index in [1.54, 1.807) is 6.08 Å². The molecule has 4 heteroatoms. The number of carbonyl (C=O) groups is 1. The number of nitrogens with one attached hydrogen (secondary N) is 1. The van der Waals surface area contributed by atoms with Gasteiger partial charge in [-0.1, -0.05) is 41.7 Å². The van der Waals surface area contributed by atoms with Crippen molar-refractivity contribution in [3.63, 3.8) is 0 Å². The number of aryl methyl sites for hydroxylation is 2. The molecule has 2 aromatic rings. The van der Waals surface area contributed by atoms with Crippen molar-refractivity contribution >= 4 is 32.6 Å². The smallest absolute Gasteiger partial charge is 0.250 e. The number of carbonyl (C=O) groups excluding carboxylic acids is 1. The number of rotatable bonds is 3. The largest absolute Gasteiger partial charge is 0.298 e. The molecule has 0 aliphatic heterocycles. The van der Waals surface area contributed by atoms with Crippen LogP contribution >= 0.6 is 11.3 Å². The molecular formula is C15H16N2OS. The number of fused-ring (bicyclic) bond motifs is 1. The van der Waals surface area contributed by atoms with Crippen LogP contribution in [0.2, 0.25) is 0 Å². The monoisotopic (exact) mass is 272 g/mol. The van der Waals surface area contributed by atoms with Crippen LogP contribution in [0.5, 0.6) is 0 Å². The molecule has 0 unspecified atom stereocenters. The molecule has 0 bridgehead atoms. The van der Waals surface area contributed by atoms with E-state index in [9.17, 15) is 4.79 Å². The fraction of sp³-hybridized carbons (Fsp3) is 0.200. The Balaban J connectivity index is 2.25. The second-order valence-corrected chi connectivity index (χ2v) is 5.27. The highest BCUT2D eigenvalue weighted by atomic mass is 32.1. The Morgan fingerprint density at radius 3 is 2.68 bits per heavy atom. The maximum atomic E-state index is 11.7. The summed E-state index contributed by atoms with van der Waals surface area (Å²) in [6.45, 7) is 5.98. The summed E-state index contributed by atoms with van der Waals surface area (Å²) in [4.78, 5) is 16.1. The lowest BCUT2D eigenvalue weighted by atomic mass is 10.1. The Morgan fingerprint density at radius 2 is 2.00 bits per heavy atom. The summed E-state index contributed by atoms with van der Waals surface area (Å²) >= 11 is 1.51. The van der Waals surface area contributed by atoms with Crippen LogP contribution in [0.4, 0.5) is 5.13 Å². The normalized spacial score (nSPS) is 11.7. The number of hydrogen-bond donors (Lipinski definition) is 1. The van der Waals surface area contributed by atoms with Gasteiger partial charge in [0.1, 0.15) is 0 Å². The van der Waals surface area contributed by atoms with Gasteiger partial charge in [-0.2, -0.15) is 0 Å². The van der Waals surface area contributed by atoms with Gasteiger partial charge in [0, 0.05) is 6.08 Å². The van der Waals surface area contributed by atoms with Crippen LogP contribution in [0.25, 0.3) is 10.2 Å². The van der Waals surface area contributed by atoms with Gasteiger partial charge >= 0.3 is 0 Å². The Hall–Kier alpha value is -1.94. The second kappa shape index (κ2) is 5.80. The van der Waals surface area contributed by atoms with Crippen LogP contribution in [0.3, 0.4) is 0 Å². The van der Waals surface area contributed by atoms with Crippen molar-refractivity contribution in [2.24, 2.45) is 0 Å². The lowest BCUT2D eigenvalue weighted by molar-refractivity contribution is -0.111. The van der Waals surface area contributed by atoms with Crippen LogP contribution in [-0.2, 0) is 4.79 Å². The molecule has 0 spiro atoms. The number of nitrogens with zero attached hydrogens (tertiary/aromatic N) is 1. The minimum Gasteiger partial charge on any atom is -0.298 e. The number of benzene rings is 1. The van der Waals surface area contributed by atoms with E-state index in [1.807, 2.05) is 26.0 Å². The maximum absolute atomic E-state index is 11.7. The van der Waals surface area contributed by atoms with Crippen molar-refractivity contribution in [3.8, 4) is 0 Å². The van der Waals surface area contributed by atoms with Gasteiger partial charge in [-0.3, -0.25) is 10.1 Å². The van der Waals surface area contributed by atoms with Gasteiger partial charge in [-0.25, -0.2) is 4.98 Å². The molecule has 1 heterocycles. The summed E-state index contributed by atoms with van der Waals surface area (Å²) in [6.07, 6.45) is 6.88. The van der Waals surface area contributed by atoms with Crippen molar-refractivity contribution in [1.29, 1.82) is 0 Å². The van der Waals surface area contributed by atoms with Gasteiger partial charge in [-0.05, 0) is 31.9 Å². The predicted octanol–water partition coefficient (Wildman–Crippen LogP) is 3.98. The molecule has 0 fully saturated rings. The highest BCUT2D eigenvalue weighted by Crippen LogP contribution is 2.30. The zero-order chi connectivity index (χ0) is 13.8. The summed E-state index contributed by atoms with van der Waals surface area (Å²) in [5.74, 6) is -0.160. The SMILES string of the molecule is C/C=C/C=C/C(=O)Nc1nc2c(C)ccc(C)c2s1. The first-order valence-electron chi connectivity index (χ1n) is 6.09. The van der Waals surface area contributed by atoms with Crippen LogP contribution in [-0.4, -0.2) is 10.9 Å². The summed E-state index contributed by atoms with van der Waals surface area (Å²) in [5.41, 5.74) is 3.28. The molecule has 0 aliphatic rings. The molecule has 3 nitrogen and oxygen atoms in total. The summed E-state index contributed by atoms with van der Waals surface area (Å²) in [7, 11) is 0. The highest BCUT2D eigenvalue weighted by Gasteiger charge is 2.09. The second-order valence-electron chi connectivity index (χ2n) is 4.27. The number of amides is 1. The number of hydrogen-bond acceptors (Lipinski definition) is 3. The van der Waals surface area contributed by atoms with Gasteiger partial charge in [0.2, 0.25) is 5.91 Å². The van der Waals surface area contributed by atoms with E-state index in [1.165, 1.54) is 23.0 Å². The summed E-state index contributed by atoms with van der Waals surface area (Å²) in [5, 5.41) is 3.43. The molecule has 0 saturated carbocycles. The highest BCUT2D eigenvalue weighted by molar-refractivity contribution is 7.22. The molecule has 1 N–H and O–H groups in total. The zero-order valence-corrected chi connectivity index (χ0v) is 12.0. The Bertz CT molecular complexity index is 629. The molecule has 1 amide bonds. The van der Waals surface area contributed by atoms with E-state index in [0.717, 1.165) is 15.8 Å². The van der Waals surface area contributed by atoms with Gasteiger partial charge in [0.15, 0.2) is 5.13 Å². The fourth-order valence-corrected chi connectivity index (χ4v) is 2.73. The zero-order valence-electron chi connectivity index (χ0n) is 11.2. The van der Waals surface area contributed by atoms with Crippen molar-refractivity contribution < 1.29 is 4.79 Å². The standard InChI is InChI=1S/C15H16N2OS/c1-4-5-6-7-12(18)16-15-17-13-10(2)8-9-11(3)14(13)19-15/h4-9H,1-3H3,(H,16,17,18)/b5-4+,7-6+. The third kappa shape index (κ3) is 3.09. The van der Waals surface area contributed by atoms with Crippen LogP contribution < -0.4 is 5.32 Å². The predicted molar refractivity (Wildman–Crippen MR) is 81.7 cm³/mol. The first-order valence-corrected chi connectivity index (χ1v) is 6.90. The van der Waals surface area contributed by atoms with Crippen molar-refractivity contribution in [2.45, 2.75) is 20.8 Å². The lowest BCUT2D eigenvalue weighted by Gasteiger charge is -1.96. The third-order valence-electron chi connectivity index (χ3n) is 2.72. The first-order chi connectivity index (χ1) is 9.11. The molecule has 0 saturated heterocycles. The summed E-state index contributed by atoms with van der Waals surface area (Å²) < 4.78 is 1.13. The van der Waals surface area contributed by atoms with Crippen molar-refractivity contribution in [1.82, 2.24) is 4.98 Å². The minimum absolute atomic E-state index is 0.160. The number of thiazole rings is 1. The van der Waals surface area contributed by atoms with Crippen molar-refractivity contribution in [2.75, 3.05) is 5.32 Å². The van der Waals surface area contributed by atoms with Crippen LogP contribution in [0.15, 0.2) is 36.4 Å². The quantitative estimate of drug-likeness (QED) is 0.678. The third-order valence-corrected chi connectivity index (χ3v) is 3.83. The van der Waals surface area contributed by atoms with Crippen molar-refractivity contribution in [3.05, 3.63) is 47.6 Å².